The maximum atomic E-state index is 14.1. The van der Waals surface area contributed by atoms with Gasteiger partial charge in [-0.3, -0.25) is 9.78 Å². The Balaban J connectivity index is 1.51. The number of hydrogen-bond acceptors (Lipinski definition) is 4. The van der Waals surface area contributed by atoms with Crippen molar-refractivity contribution in [2.24, 2.45) is 0 Å². The van der Waals surface area contributed by atoms with Gasteiger partial charge in [0.05, 0.1) is 29.0 Å². The SMILES string of the molecule is Cc1ccc(C(=O)O)cc1-n1c(C)cc([C@@H]2[C@@H](c3ccccn3)NC(=S)N2CCC(=O)Nc2ccccc2F)c1C. The van der Waals surface area contributed by atoms with Gasteiger partial charge in [0, 0.05) is 36.2 Å². The number of carbonyl (C=O) groups is 2. The van der Waals surface area contributed by atoms with Crippen LogP contribution < -0.4 is 10.6 Å². The van der Waals surface area contributed by atoms with Crippen LogP contribution in [0.5, 0.6) is 0 Å². The van der Waals surface area contributed by atoms with Crippen LogP contribution in [-0.2, 0) is 4.79 Å². The summed E-state index contributed by atoms with van der Waals surface area (Å²) in [6.07, 6.45) is 1.81. The third-order valence-electron chi connectivity index (χ3n) is 7.41. The third-order valence-corrected chi connectivity index (χ3v) is 7.76. The Labute approximate surface area is 242 Å². The summed E-state index contributed by atoms with van der Waals surface area (Å²) in [4.78, 5) is 31.1. The third kappa shape index (κ3) is 5.55. The predicted molar refractivity (Wildman–Crippen MR) is 159 cm³/mol. The zero-order valence-corrected chi connectivity index (χ0v) is 23.7. The van der Waals surface area contributed by atoms with Gasteiger partial charge in [0.15, 0.2) is 5.11 Å². The van der Waals surface area contributed by atoms with E-state index in [4.69, 9.17) is 12.2 Å². The van der Waals surface area contributed by atoms with E-state index in [-0.39, 0.29) is 42.2 Å². The fraction of sp³-hybridized carbons (Fsp3) is 0.226. The molecule has 0 bridgehead atoms. The number of carbonyl (C=O) groups excluding carboxylic acids is 1. The van der Waals surface area contributed by atoms with Crippen LogP contribution in [-0.4, -0.2) is 43.1 Å². The number of benzene rings is 2. The van der Waals surface area contributed by atoms with Crippen LogP contribution >= 0.6 is 12.2 Å². The molecule has 3 heterocycles. The summed E-state index contributed by atoms with van der Waals surface area (Å²) in [5.74, 6) is -1.82. The van der Waals surface area contributed by atoms with Gasteiger partial charge in [0.1, 0.15) is 5.82 Å². The first-order chi connectivity index (χ1) is 19.7. The van der Waals surface area contributed by atoms with E-state index in [0.29, 0.717) is 5.11 Å². The molecule has 41 heavy (non-hydrogen) atoms. The van der Waals surface area contributed by atoms with Crippen LogP contribution in [0.15, 0.2) is 72.9 Å². The topological polar surface area (TPSA) is 99.5 Å². The maximum Gasteiger partial charge on any atom is 0.335 e. The summed E-state index contributed by atoms with van der Waals surface area (Å²) in [5, 5.41) is 16.1. The normalized spacial score (nSPS) is 16.5. The smallest absolute Gasteiger partial charge is 0.335 e. The Morgan fingerprint density at radius 3 is 2.54 bits per heavy atom. The number of nitrogens with one attached hydrogen (secondary N) is 2. The molecule has 2 aromatic carbocycles. The fourth-order valence-electron chi connectivity index (χ4n) is 5.42. The number of carboxylic acids is 1. The largest absolute Gasteiger partial charge is 0.478 e. The Morgan fingerprint density at radius 1 is 1.07 bits per heavy atom. The van der Waals surface area contributed by atoms with Crippen LogP contribution in [0.2, 0.25) is 0 Å². The van der Waals surface area contributed by atoms with Crippen LogP contribution in [0.25, 0.3) is 5.69 Å². The molecule has 8 nitrogen and oxygen atoms in total. The summed E-state index contributed by atoms with van der Waals surface area (Å²) in [7, 11) is 0. The molecule has 1 aliphatic heterocycles. The van der Waals surface area contributed by atoms with E-state index in [1.807, 2.05) is 43.9 Å². The van der Waals surface area contributed by atoms with Crippen molar-refractivity contribution in [2.45, 2.75) is 39.3 Å². The van der Waals surface area contributed by atoms with Gasteiger partial charge in [0.25, 0.3) is 0 Å². The van der Waals surface area contributed by atoms with Gasteiger partial charge in [-0.2, -0.15) is 0 Å². The van der Waals surface area contributed by atoms with E-state index in [1.54, 1.807) is 36.5 Å². The number of hydrogen-bond donors (Lipinski definition) is 3. The molecule has 1 fully saturated rings. The molecule has 5 rings (SSSR count). The van der Waals surface area contributed by atoms with Crippen molar-refractivity contribution < 1.29 is 19.1 Å². The molecule has 0 spiro atoms. The lowest BCUT2D eigenvalue weighted by Crippen LogP contribution is -2.33. The highest BCUT2D eigenvalue weighted by atomic mass is 32.1. The van der Waals surface area contributed by atoms with Crippen molar-refractivity contribution in [3.63, 3.8) is 0 Å². The summed E-state index contributed by atoms with van der Waals surface area (Å²) in [6.45, 7) is 6.21. The molecule has 1 saturated heterocycles. The minimum absolute atomic E-state index is 0.0834. The minimum atomic E-state index is -0.991. The number of para-hydroxylation sites is 1. The lowest BCUT2D eigenvalue weighted by atomic mass is 9.96. The van der Waals surface area contributed by atoms with Gasteiger partial charge in [0.2, 0.25) is 5.91 Å². The number of halogens is 1. The van der Waals surface area contributed by atoms with E-state index in [1.165, 1.54) is 12.1 Å². The number of anilines is 1. The Kier molecular flexibility index (Phi) is 7.85. The second-order valence-corrected chi connectivity index (χ2v) is 10.5. The van der Waals surface area contributed by atoms with Crippen molar-refractivity contribution in [3.8, 4) is 5.69 Å². The molecule has 10 heteroatoms. The molecule has 0 aliphatic carbocycles. The number of aryl methyl sites for hydroxylation is 2. The monoisotopic (exact) mass is 571 g/mol. The number of aromatic nitrogens is 2. The summed E-state index contributed by atoms with van der Waals surface area (Å²) >= 11 is 5.76. The molecule has 3 N–H and O–H groups in total. The lowest BCUT2D eigenvalue weighted by Gasteiger charge is -2.28. The maximum absolute atomic E-state index is 14.1. The molecule has 2 aromatic heterocycles. The van der Waals surface area contributed by atoms with Crippen LogP contribution in [0, 0.1) is 26.6 Å². The summed E-state index contributed by atoms with van der Waals surface area (Å²) in [5.41, 5.74) is 5.68. The quantitative estimate of drug-likeness (QED) is 0.236. The second-order valence-electron chi connectivity index (χ2n) is 10.1. The molecule has 210 valence electrons. The average Bonchev–Trinajstić information content (AvgIpc) is 3.43. The number of rotatable bonds is 8. The van der Waals surface area contributed by atoms with E-state index < -0.39 is 11.8 Å². The predicted octanol–water partition coefficient (Wildman–Crippen LogP) is 5.64. The molecule has 0 saturated carbocycles. The van der Waals surface area contributed by atoms with Gasteiger partial charge in [-0.25, -0.2) is 9.18 Å². The molecular formula is C31H30FN5O3S. The van der Waals surface area contributed by atoms with Crippen LogP contribution in [0.1, 0.15) is 57.1 Å². The first-order valence-electron chi connectivity index (χ1n) is 13.2. The van der Waals surface area contributed by atoms with Crippen molar-refractivity contribution in [1.82, 2.24) is 19.8 Å². The van der Waals surface area contributed by atoms with Crippen molar-refractivity contribution >= 4 is 34.9 Å². The van der Waals surface area contributed by atoms with Gasteiger partial charge < -0.3 is 25.2 Å². The Morgan fingerprint density at radius 2 is 1.83 bits per heavy atom. The van der Waals surface area contributed by atoms with Crippen LogP contribution in [0.3, 0.4) is 0 Å². The van der Waals surface area contributed by atoms with Gasteiger partial charge >= 0.3 is 5.97 Å². The summed E-state index contributed by atoms with van der Waals surface area (Å²) in [6, 6.07) is 18.3. The number of carboxylic acid groups (broad SMARTS) is 1. The standard InChI is InChI=1S/C31H30FN5O3S/c1-18-11-12-21(30(39)40)17-26(18)37-19(2)16-22(20(37)3)29-28(25-10-6-7-14-33-25)35-31(41)36(29)15-13-27(38)34-24-9-5-4-8-23(24)32/h4-12,14,16-17,28-29H,13,15H2,1-3H3,(H,34,38)(H,35,41)(H,39,40)/t28-,29-/m1/s1. The molecular weight excluding hydrogens is 541 g/mol. The molecule has 1 aliphatic rings. The molecule has 0 radical (unpaired) electrons. The Bertz CT molecular complexity index is 1640. The average molecular weight is 572 g/mol. The zero-order chi connectivity index (χ0) is 29.3. The fourth-order valence-corrected chi connectivity index (χ4v) is 5.76. The minimum Gasteiger partial charge on any atom is -0.478 e. The lowest BCUT2D eigenvalue weighted by molar-refractivity contribution is -0.116. The van der Waals surface area contributed by atoms with Gasteiger partial charge in [-0.1, -0.05) is 24.3 Å². The first kappa shape index (κ1) is 28.0. The second kappa shape index (κ2) is 11.5. The number of amides is 1. The molecule has 4 aromatic rings. The van der Waals surface area contributed by atoms with Gasteiger partial charge in [-0.15, -0.1) is 0 Å². The van der Waals surface area contributed by atoms with E-state index in [9.17, 15) is 19.1 Å². The number of thiocarbonyl (C=S) groups is 1. The van der Waals surface area contributed by atoms with E-state index in [0.717, 1.165) is 33.9 Å². The summed E-state index contributed by atoms with van der Waals surface area (Å²) < 4.78 is 16.2. The van der Waals surface area contributed by atoms with Crippen molar-refractivity contribution in [2.75, 3.05) is 11.9 Å². The zero-order valence-electron chi connectivity index (χ0n) is 22.9. The highest BCUT2D eigenvalue weighted by Gasteiger charge is 2.41. The molecule has 0 unspecified atom stereocenters. The van der Waals surface area contributed by atoms with E-state index in [2.05, 4.69) is 26.3 Å². The van der Waals surface area contributed by atoms with Crippen molar-refractivity contribution in [1.29, 1.82) is 0 Å². The number of pyridine rings is 1. The highest BCUT2D eigenvalue weighted by Crippen LogP contribution is 2.41. The number of nitrogens with zero attached hydrogens (tertiary/aromatic N) is 3. The van der Waals surface area contributed by atoms with Crippen molar-refractivity contribution in [3.05, 3.63) is 113 Å². The van der Waals surface area contributed by atoms with Gasteiger partial charge in [-0.05, 0) is 86.6 Å². The van der Waals surface area contributed by atoms with E-state index >= 15 is 0 Å². The van der Waals surface area contributed by atoms with Crippen LogP contribution in [0.4, 0.5) is 10.1 Å². The number of aromatic carboxylic acids is 1. The highest BCUT2D eigenvalue weighted by molar-refractivity contribution is 7.80. The Hall–Kier alpha value is -4.57. The first-order valence-corrected chi connectivity index (χ1v) is 13.6. The molecule has 1 amide bonds. The molecule has 2 atom stereocenters.